The number of rotatable bonds is 4. The van der Waals surface area contributed by atoms with Gasteiger partial charge in [0.25, 0.3) is 17.7 Å². The number of ether oxygens (including phenoxy) is 1. The van der Waals surface area contributed by atoms with Crippen LogP contribution in [0.3, 0.4) is 0 Å². The van der Waals surface area contributed by atoms with Gasteiger partial charge in [-0.15, -0.1) is 11.3 Å². The van der Waals surface area contributed by atoms with Gasteiger partial charge in [0.15, 0.2) is 0 Å². The number of nitrogens with zero attached hydrogens (tertiary/aromatic N) is 2. The Morgan fingerprint density at radius 2 is 2.09 bits per heavy atom. The van der Waals surface area contributed by atoms with Gasteiger partial charge in [-0.1, -0.05) is 6.07 Å². The van der Waals surface area contributed by atoms with E-state index in [0.717, 1.165) is 12.3 Å². The van der Waals surface area contributed by atoms with Crippen LogP contribution in [0.5, 0.6) is 5.88 Å². The van der Waals surface area contributed by atoms with E-state index in [1.165, 1.54) is 18.4 Å². The van der Waals surface area contributed by atoms with E-state index in [4.69, 9.17) is 4.74 Å². The first-order chi connectivity index (χ1) is 10.5. The second-order valence-electron chi connectivity index (χ2n) is 3.90. The van der Waals surface area contributed by atoms with Crippen molar-refractivity contribution >= 4 is 28.8 Å². The third-order valence-electron chi connectivity index (χ3n) is 2.52. The summed E-state index contributed by atoms with van der Waals surface area (Å²) < 4.78 is 4.74. The van der Waals surface area contributed by atoms with Crippen LogP contribution in [0, 0.1) is 10.1 Å². The lowest BCUT2D eigenvalue weighted by molar-refractivity contribution is -0.386. The van der Waals surface area contributed by atoms with Gasteiger partial charge in [0.1, 0.15) is 0 Å². The molecule has 0 atom stereocenters. The number of carbonyl (C=O) groups excluding carboxylic acids is 2. The fraction of sp³-hybridized carbons (Fsp3) is 0.0833. The number of nitro groups is 1. The smallest absolute Gasteiger partial charge is 0.331 e. The molecule has 0 unspecified atom stereocenters. The Balaban J connectivity index is 2.08. The minimum absolute atomic E-state index is 0.0843. The number of hydrazine groups is 1. The number of nitrogens with one attached hydrogen (secondary N) is 2. The van der Waals surface area contributed by atoms with Crippen LogP contribution in [0.15, 0.2) is 29.8 Å². The van der Waals surface area contributed by atoms with Crippen molar-refractivity contribution in [1.29, 1.82) is 0 Å². The van der Waals surface area contributed by atoms with Crippen LogP contribution >= 0.6 is 11.3 Å². The van der Waals surface area contributed by atoms with Gasteiger partial charge in [0, 0.05) is 12.3 Å². The fourth-order valence-corrected chi connectivity index (χ4v) is 2.13. The van der Waals surface area contributed by atoms with E-state index in [1.54, 1.807) is 17.5 Å². The molecular weight excluding hydrogens is 312 g/mol. The molecule has 2 aromatic rings. The zero-order valence-corrected chi connectivity index (χ0v) is 12.0. The number of amides is 2. The summed E-state index contributed by atoms with van der Waals surface area (Å²) in [5.74, 6) is -1.42. The second kappa shape index (κ2) is 6.63. The average molecular weight is 322 g/mol. The lowest BCUT2D eigenvalue weighted by Crippen LogP contribution is -2.41. The summed E-state index contributed by atoms with van der Waals surface area (Å²) in [7, 11) is 1.23. The van der Waals surface area contributed by atoms with Gasteiger partial charge in [-0.25, -0.2) is 4.98 Å². The minimum Gasteiger partial charge on any atom is -0.476 e. The van der Waals surface area contributed by atoms with Crippen molar-refractivity contribution in [2.45, 2.75) is 0 Å². The van der Waals surface area contributed by atoms with E-state index in [2.05, 4.69) is 15.8 Å². The number of hydrogen-bond donors (Lipinski definition) is 2. The van der Waals surface area contributed by atoms with E-state index in [0.29, 0.717) is 4.88 Å². The zero-order chi connectivity index (χ0) is 16.1. The van der Waals surface area contributed by atoms with Crippen LogP contribution in [0.25, 0.3) is 0 Å². The molecular formula is C12H10N4O5S. The summed E-state index contributed by atoms with van der Waals surface area (Å²) in [6.45, 7) is 0. The molecule has 114 valence electrons. The Labute approximate surface area is 128 Å². The fourth-order valence-electron chi connectivity index (χ4n) is 1.51. The Morgan fingerprint density at radius 3 is 2.68 bits per heavy atom. The van der Waals surface area contributed by atoms with E-state index in [9.17, 15) is 19.7 Å². The van der Waals surface area contributed by atoms with Crippen LogP contribution < -0.4 is 15.6 Å². The highest BCUT2D eigenvalue weighted by atomic mass is 32.1. The van der Waals surface area contributed by atoms with Crippen LogP contribution in [-0.2, 0) is 0 Å². The van der Waals surface area contributed by atoms with Gasteiger partial charge in [-0.2, -0.15) is 0 Å². The molecule has 0 radical (unpaired) electrons. The van der Waals surface area contributed by atoms with Gasteiger partial charge in [-0.3, -0.25) is 30.6 Å². The monoisotopic (exact) mass is 322 g/mol. The maximum absolute atomic E-state index is 11.9. The largest absolute Gasteiger partial charge is 0.476 e. The molecule has 0 saturated heterocycles. The number of hydrogen-bond acceptors (Lipinski definition) is 7. The second-order valence-corrected chi connectivity index (χ2v) is 4.84. The number of aromatic nitrogens is 1. The maximum Gasteiger partial charge on any atom is 0.331 e. The zero-order valence-electron chi connectivity index (χ0n) is 11.2. The van der Waals surface area contributed by atoms with Crippen molar-refractivity contribution < 1.29 is 19.2 Å². The lowest BCUT2D eigenvalue weighted by Gasteiger charge is -2.07. The van der Waals surface area contributed by atoms with Gasteiger partial charge in [-0.05, 0) is 11.4 Å². The Morgan fingerprint density at radius 1 is 1.36 bits per heavy atom. The van der Waals surface area contributed by atoms with Crippen LogP contribution in [0.2, 0.25) is 0 Å². The summed E-state index contributed by atoms with van der Waals surface area (Å²) in [5.41, 5.74) is 3.83. The molecule has 0 aromatic carbocycles. The molecule has 0 saturated carbocycles. The van der Waals surface area contributed by atoms with E-state index in [1.807, 2.05) is 0 Å². The molecule has 2 amide bonds. The third kappa shape index (κ3) is 3.35. The summed E-state index contributed by atoms with van der Waals surface area (Å²) in [6.07, 6.45) is 1.11. The van der Waals surface area contributed by atoms with E-state index >= 15 is 0 Å². The molecule has 22 heavy (non-hydrogen) atoms. The molecule has 2 rings (SSSR count). The standard InChI is InChI=1S/C12H10N4O5S/c1-21-12-8(16(19)20)5-7(6-13-12)10(17)14-15-11(18)9-3-2-4-22-9/h2-6H,1H3,(H,14,17)(H,15,18). The Hall–Kier alpha value is -3.01. The first-order valence-electron chi connectivity index (χ1n) is 5.85. The molecule has 2 aromatic heterocycles. The molecule has 0 aliphatic rings. The molecule has 0 aliphatic carbocycles. The number of methoxy groups -OCH3 is 1. The first-order valence-corrected chi connectivity index (χ1v) is 6.73. The van der Waals surface area contributed by atoms with Crippen LogP contribution in [0.1, 0.15) is 20.0 Å². The quantitative estimate of drug-likeness (QED) is 0.642. The summed E-state index contributed by atoms with van der Waals surface area (Å²) >= 11 is 1.21. The lowest BCUT2D eigenvalue weighted by atomic mass is 10.2. The van der Waals surface area contributed by atoms with E-state index in [-0.39, 0.29) is 11.4 Å². The van der Waals surface area contributed by atoms with Crippen molar-refractivity contribution in [3.05, 3.63) is 50.3 Å². The van der Waals surface area contributed by atoms with Gasteiger partial charge in [0.2, 0.25) is 0 Å². The van der Waals surface area contributed by atoms with Crippen molar-refractivity contribution in [2.75, 3.05) is 7.11 Å². The highest BCUT2D eigenvalue weighted by Gasteiger charge is 2.20. The Bertz CT molecular complexity index is 716. The SMILES string of the molecule is COc1ncc(C(=O)NNC(=O)c2cccs2)cc1[N+](=O)[O-]. The van der Waals surface area contributed by atoms with Crippen molar-refractivity contribution in [3.8, 4) is 5.88 Å². The highest BCUT2D eigenvalue weighted by Crippen LogP contribution is 2.24. The molecule has 0 fully saturated rings. The molecule has 0 bridgehead atoms. The minimum atomic E-state index is -0.733. The van der Waals surface area contributed by atoms with E-state index < -0.39 is 22.4 Å². The van der Waals surface area contributed by atoms with Crippen molar-refractivity contribution in [2.24, 2.45) is 0 Å². The Kier molecular flexibility index (Phi) is 4.63. The number of thiophene rings is 1. The summed E-state index contributed by atoms with van der Waals surface area (Å²) in [6, 6.07) is 4.29. The topological polar surface area (TPSA) is 123 Å². The normalized spacial score (nSPS) is 9.86. The summed E-state index contributed by atoms with van der Waals surface area (Å²) in [4.78, 5) is 37.8. The van der Waals surface area contributed by atoms with Gasteiger partial charge < -0.3 is 4.74 Å². The third-order valence-corrected chi connectivity index (χ3v) is 3.39. The van der Waals surface area contributed by atoms with Crippen LogP contribution in [0.4, 0.5) is 5.69 Å². The molecule has 0 spiro atoms. The predicted molar refractivity (Wildman–Crippen MR) is 76.7 cm³/mol. The molecule has 2 N–H and O–H groups in total. The number of pyridine rings is 1. The summed E-state index contributed by atoms with van der Waals surface area (Å²) in [5, 5.41) is 12.6. The van der Waals surface area contributed by atoms with Crippen LogP contribution in [-0.4, -0.2) is 28.8 Å². The molecule has 2 heterocycles. The molecule has 0 aliphatic heterocycles. The van der Waals surface area contributed by atoms with Crippen molar-refractivity contribution in [1.82, 2.24) is 15.8 Å². The average Bonchev–Trinajstić information content (AvgIpc) is 3.06. The number of carbonyl (C=O) groups is 2. The highest BCUT2D eigenvalue weighted by molar-refractivity contribution is 7.12. The molecule has 10 heteroatoms. The van der Waals surface area contributed by atoms with Crippen molar-refractivity contribution in [3.63, 3.8) is 0 Å². The van der Waals surface area contributed by atoms with Gasteiger partial charge in [0.05, 0.1) is 22.5 Å². The van der Waals surface area contributed by atoms with Gasteiger partial charge >= 0.3 is 5.69 Å². The molecule has 9 nitrogen and oxygen atoms in total. The maximum atomic E-state index is 11.9. The first kappa shape index (κ1) is 15.4. The predicted octanol–water partition coefficient (Wildman–Crippen LogP) is 1.13.